The number of nitrogens with zero attached hydrogens (tertiary/aromatic N) is 4. The van der Waals surface area contributed by atoms with Gasteiger partial charge in [0.25, 0.3) is 0 Å². The van der Waals surface area contributed by atoms with E-state index in [0.29, 0.717) is 29.8 Å². The molecule has 0 spiro atoms. The second-order valence-corrected chi connectivity index (χ2v) is 4.12. The van der Waals surface area contributed by atoms with Crippen molar-refractivity contribution in [3.05, 3.63) is 29.4 Å². The quantitative estimate of drug-likeness (QED) is 0.758. The first kappa shape index (κ1) is 13.3. The summed E-state index contributed by atoms with van der Waals surface area (Å²) in [5, 5.41) is 3.87. The summed E-state index contributed by atoms with van der Waals surface area (Å²) in [4.78, 5) is 20.0. The molecule has 0 radical (unpaired) electrons. The van der Waals surface area contributed by atoms with E-state index in [1.54, 1.807) is 11.5 Å². The number of carbonyl (C=O) groups is 1. The molecule has 2 heterocycles. The number of hydrogen-bond donors (Lipinski definition) is 0. The van der Waals surface area contributed by atoms with Gasteiger partial charge in [0.05, 0.1) is 13.3 Å². The highest BCUT2D eigenvalue weighted by atomic mass is 16.5. The van der Waals surface area contributed by atoms with Gasteiger partial charge < -0.3 is 13.8 Å². The molecule has 0 bridgehead atoms. The lowest BCUT2D eigenvalue weighted by atomic mass is 10.3. The molecule has 0 aliphatic heterocycles. The van der Waals surface area contributed by atoms with Crippen LogP contribution in [0, 0.1) is 6.92 Å². The maximum atomic E-state index is 11.6. The van der Waals surface area contributed by atoms with Gasteiger partial charge in [-0.25, -0.2) is 9.78 Å². The van der Waals surface area contributed by atoms with Gasteiger partial charge >= 0.3 is 5.97 Å². The molecule has 0 saturated heterocycles. The summed E-state index contributed by atoms with van der Waals surface area (Å²) in [5.41, 5.74) is 0.371. The van der Waals surface area contributed by atoms with Crippen LogP contribution < -0.4 is 0 Å². The summed E-state index contributed by atoms with van der Waals surface area (Å²) < 4.78 is 11.5. The van der Waals surface area contributed by atoms with Crippen molar-refractivity contribution in [1.82, 2.24) is 19.7 Å². The predicted octanol–water partition coefficient (Wildman–Crippen LogP) is 1.36. The average molecular weight is 264 g/mol. The standard InChI is InChI=1S/C12H16N4O3/c1-4-5-10-14-11(19-15-10)7-16-8(2)13-6-9(16)12(17)18-3/h6H,4-5,7H2,1-3H3. The van der Waals surface area contributed by atoms with Gasteiger partial charge in [0.2, 0.25) is 5.89 Å². The number of ether oxygens (including phenoxy) is 1. The Balaban J connectivity index is 2.22. The largest absolute Gasteiger partial charge is 0.464 e. The van der Waals surface area contributed by atoms with Crippen molar-refractivity contribution in [3.8, 4) is 0 Å². The summed E-state index contributed by atoms with van der Waals surface area (Å²) in [5.74, 6) is 1.38. The fourth-order valence-corrected chi connectivity index (χ4v) is 1.75. The molecule has 2 rings (SSSR count). The van der Waals surface area contributed by atoms with Crippen molar-refractivity contribution >= 4 is 5.97 Å². The van der Waals surface area contributed by atoms with Gasteiger partial charge in [0.15, 0.2) is 5.82 Å². The van der Waals surface area contributed by atoms with Crippen molar-refractivity contribution in [2.24, 2.45) is 0 Å². The Kier molecular flexibility index (Phi) is 3.94. The number of rotatable bonds is 5. The molecule has 0 N–H and O–H groups in total. The molecule has 0 aliphatic rings. The Morgan fingerprint density at radius 1 is 1.53 bits per heavy atom. The van der Waals surface area contributed by atoms with Crippen LogP contribution in [-0.2, 0) is 17.7 Å². The van der Waals surface area contributed by atoms with Crippen molar-refractivity contribution in [2.75, 3.05) is 7.11 Å². The molecule has 2 aromatic rings. The summed E-state index contributed by atoms with van der Waals surface area (Å²) in [6.07, 6.45) is 3.21. The molecule has 0 aliphatic carbocycles. The van der Waals surface area contributed by atoms with E-state index in [1.165, 1.54) is 13.3 Å². The van der Waals surface area contributed by atoms with Gasteiger partial charge in [0.1, 0.15) is 18.1 Å². The van der Waals surface area contributed by atoms with Gasteiger partial charge in [0, 0.05) is 6.42 Å². The van der Waals surface area contributed by atoms with Gasteiger partial charge in [-0.15, -0.1) is 0 Å². The Morgan fingerprint density at radius 3 is 3.00 bits per heavy atom. The molecule has 2 aromatic heterocycles. The first-order chi connectivity index (χ1) is 9.15. The van der Waals surface area contributed by atoms with E-state index < -0.39 is 5.97 Å². The highest BCUT2D eigenvalue weighted by molar-refractivity contribution is 5.87. The highest BCUT2D eigenvalue weighted by Gasteiger charge is 2.17. The maximum absolute atomic E-state index is 11.6. The Labute approximate surface area is 110 Å². The van der Waals surface area contributed by atoms with E-state index >= 15 is 0 Å². The van der Waals surface area contributed by atoms with Crippen LogP contribution in [0.2, 0.25) is 0 Å². The molecule has 0 amide bonds. The molecule has 7 nitrogen and oxygen atoms in total. The van der Waals surface area contributed by atoms with E-state index in [0.717, 1.165) is 12.8 Å². The third-order valence-corrected chi connectivity index (χ3v) is 2.73. The predicted molar refractivity (Wildman–Crippen MR) is 65.7 cm³/mol. The molecular formula is C12H16N4O3. The van der Waals surface area contributed by atoms with Crippen LogP contribution in [0.1, 0.15) is 41.4 Å². The minimum absolute atomic E-state index is 0.312. The number of carbonyl (C=O) groups excluding carboxylic acids is 1. The third kappa shape index (κ3) is 2.81. The van der Waals surface area contributed by atoms with Crippen LogP contribution in [0.4, 0.5) is 0 Å². The van der Waals surface area contributed by atoms with Crippen LogP contribution in [0.15, 0.2) is 10.7 Å². The number of esters is 1. The minimum atomic E-state index is -0.436. The van der Waals surface area contributed by atoms with Crippen molar-refractivity contribution in [2.45, 2.75) is 33.2 Å². The van der Waals surface area contributed by atoms with Gasteiger partial charge in [-0.2, -0.15) is 4.98 Å². The zero-order chi connectivity index (χ0) is 13.8. The van der Waals surface area contributed by atoms with Crippen LogP contribution in [0.3, 0.4) is 0 Å². The van der Waals surface area contributed by atoms with E-state index in [4.69, 9.17) is 9.26 Å². The van der Waals surface area contributed by atoms with Crippen LogP contribution in [0.5, 0.6) is 0 Å². The van der Waals surface area contributed by atoms with Crippen LogP contribution in [-0.4, -0.2) is 32.8 Å². The monoisotopic (exact) mass is 264 g/mol. The second-order valence-electron chi connectivity index (χ2n) is 4.12. The van der Waals surface area contributed by atoms with Crippen molar-refractivity contribution < 1.29 is 14.1 Å². The summed E-state index contributed by atoms with van der Waals surface area (Å²) in [6, 6.07) is 0. The first-order valence-corrected chi connectivity index (χ1v) is 6.07. The molecule has 0 unspecified atom stereocenters. The first-order valence-electron chi connectivity index (χ1n) is 6.07. The van der Waals surface area contributed by atoms with Crippen molar-refractivity contribution in [1.29, 1.82) is 0 Å². The van der Waals surface area contributed by atoms with Gasteiger partial charge in [-0.3, -0.25) is 0 Å². The number of aromatic nitrogens is 4. The second kappa shape index (κ2) is 5.64. The number of imidazole rings is 1. The third-order valence-electron chi connectivity index (χ3n) is 2.73. The zero-order valence-electron chi connectivity index (χ0n) is 11.2. The molecular weight excluding hydrogens is 248 g/mol. The summed E-state index contributed by atoms with van der Waals surface area (Å²) in [7, 11) is 1.33. The molecule has 0 atom stereocenters. The number of methoxy groups -OCH3 is 1. The molecule has 0 aromatic carbocycles. The lowest BCUT2D eigenvalue weighted by molar-refractivity contribution is 0.0588. The molecule has 19 heavy (non-hydrogen) atoms. The SMILES string of the molecule is CCCc1noc(Cn2c(C(=O)OC)cnc2C)n1. The zero-order valence-corrected chi connectivity index (χ0v) is 11.2. The maximum Gasteiger partial charge on any atom is 0.356 e. The highest BCUT2D eigenvalue weighted by Crippen LogP contribution is 2.10. The number of hydrogen-bond acceptors (Lipinski definition) is 6. The average Bonchev–Trinajstić information content (AvgIpc) is 2.98. The van der Waals surface area contributed by atoms with E-state index in [9.17, 15) is 4.79 Å². The summed E-state index contributed by atoms with van der Waals surface area (Å²) in [6.45, 7) is 4.16. The van der Waals surface area contributed by atoms with E-state index in [-0.39, 0.29) is 0 Å². The lowest BCUT2D eigenvalue weighted by Crippen LogP contribution is -2.12. The Morgan fingerprint density at radius 2 is 2.32 bits per heavy atom. The van der Waals surface area contributed by atoms with Crippen LogP contribution in [0.25, 0.3) is 0 Å². The Hall–Kier alpha value is -2.18. The summed E-state index contributed by atoms with van der Waals surface area (Å²) >= 11 is 0. The van der Waals surface area contributed by atoms with Gasteiger partial charge in [-0.05, 0) is 13.3 Å². The molecule has 102 valence electrons. The molecule has 0 fully saturated rings. The van der Waals surface area contributed by atoms with Crippen LogP contribution >= 0.6 is 0 Å². The smallest absolute Gasteiger partial charge is 0.356 e. The normalized spacial score (nSPS) is 10.7. The fraction of sp³-hybridized carbons (Fsp3) is 0.500. The van der Waals surface area contributed by atoms with Crippen molar-refractivity contribution in [3.63, 3.8) is 0 Å². The fourth-order valence-electron chi connectivity index (χ4n) is 1.75. The topological polar surface area (TPSA) is 83.0 Å². The lowest BCUT2D eigenvalue weighted by Gasteiger charge is -2.05. The minimum Gasteiger partial charge on any atom is -0.464 e. The number of aryl methyl sites for hydroxylation is 2. The van der Waals surface area contributed by atoms with E-state index in [2.05, 4.69) is 15.1 Å². The molecule has 0 saturated carbocycles. The van der Waals surface area contributed by atoms with E-state index in [1.807, 2.05) is 6.92 Å². The van der Waals surface area contributed by atoms with Gasteiger partial charge in [-0.1, -0.05) is 12.1 Å². The Bertz CT molecular complexity index is 573. The molecule has 7 heteroatoms.